The van der Waals surface area contributed by atoms with Crippen LogP contribution in [0.15, 0.2) is 0 Å². The summed E-state index contributed by atoms with van der Waals surface area (Å²) in [5.41, 5.74) is 0.965. The van der Waals surface area contributed by atoms with Crippen molar-refractivity contribution in [3.63, 3.8) is 0 Å². The van der Waals surface area contributed by atoms with Gasteiger partial charge in [0.05, 0.1) is 0 Å². The first-order chi connectivity index (χ1) is 13.7. The van der Waals surface area contributed by atoms with Crippen molar-refractivity contribution in [1.82, 2.24) is 0 Å². The largest absolute Gasteiger partial charge is 0.299 e. The summed E-state index contributed by atoms with van der Waals surface area (Å²) in [6, 6.07) is 0. The average Bonchev–Trinajstić information content (AvgIpc) is 3.19. The maximum Gasteiger partial charge on any atom is 0.142 e. The topological polar surface area (TPSA) is 17.1 Å². The number of rotatable bonds is 5. The van der Waals surface area contributed by atoms with E-state index in [1.54, 1.807) is 0 Å². The van der Waals surface area contributed by atoms with Gasteiger partial charge in [0.25, 0.3) is 0 Å². The van der Waals surface area contributed by atoms with Crippen LogP contribution in [0.1, 0.15) is 106 Å². The quantitative estimate of drug-likeness (QED) is 0.467. The molecule has 0 bridgehead atoms. The van der Waals surface area contributed by atoms with Gasteiger partial charge in [0, 0.05) is 11.3 Å². The van der Waals surface area contributed by atoms with Crippen LogP contribution in [-0.4, -0.2) is 5.78 Å². The van der Waals surface area contributed by atoms with E-state index in [-0.39, 0.29) is 5.41 Å². The van der Waals surface area contributed by atoms with Gasteiger partial charge >= 0.3 is 0 Å². The Morgan fingerprint density at radius 1 is 0.966 bits per heavy atom. The molecular weight excluding hydrogens is 352 g/mol. The van der Waals surface area contributed by atoms with E-state index in [9.17, 15) is 4.79 Å². The molecule has 0 aromatic rings. The van der Waals surface area contributed by atoms with Gasteiger partial charge in [-0.2, -0.15) is 0 Å². The lowest BCUT2D eigenvalue weighted by Crippen LogP contribution is -2.58. The number of hydrogen-bond acceptors (Lipinski definition) is 1. The van der Waals surface area contributed by atoms with Gasteiger partial charge in [0.2, 0.25) is 0 Å². The van der Waals surface area contributed by atoms with E-state index < -0.39 is 0 Å². The third kappa shape index (κ3) is 2.54. The second-order valence-corrected chi connectivity index (χ2v) is 13.3. The van der Waals surface area contributed by atoms with Crippen LogP contribution in [-0.2, 0) is 4.79 Å². The minimum absolute atomic E-state index is 0.128. The van der Waals surface area contributed by atoms with Crippen molar-refractivity contribution < 1.29 is 4.79 Å². The van der Waals surface area contributed by atoms with Crippen molar-refractivity contribution in [2.45, 2.75) is 106 Å². The molecule has 10 atom stereocenters. The zero-order valence-corrected chi connectivity index (χ0v) is 20.1. The second kappa shape index (κ2) is 6.59. The summed E-state index contributed by atoms with van der Waals surface area (Å²) in [5.74, 6) is 6.71. The Morgan fingerprint density at radius 3 is 2.41 bits per heavy atom. The monoisotopic (exact) mass is 398 g/mol. The van der Waals surface area contributed by atoms with Crippen molar-refractivity contribution in [3.8, 4) is 0 Å². The highest BCUT2D eigenvalue weighted by Gasteiger charge is 2.79. The molecular formula is C28H46O. The molecule has 5 aliphatic carbocycles. The molecule has 0 aromatic heterocycles. The lowest BCUT2D eigenvalue weighted by atomic mass is 9.43. The molecule has 164 valence electrons. The Hall–Kier alpha value is -0.330. The summed E-state index contributed by atoms with van der Waals surface area (Å²) in [5, 5.41) is 0. The number of ketones is 1. The number of Topliss-reactive ketones (excluding diaryl/α,β-unsaturated/α-hetero) is 1. The molecule has 0 saturated heterocycles. The number of fused-ring (bicyclic) bond motifs is 4. The molecule has 0 N–H and O–H groups in total. The van der Waals surface area contributed by atoms with Crippen LogP contribution in [0, 0.1) is 63.6 Å². The SMILES string of the molecule is CC(C)CCC[C@@H](C)[C@H]1CC[C@H]2[C@@H]3[C@H](C)C(=O)[C@]45C[C@@H]4CC[C@]5(C)[C@H]3CC[C@]12C. The van der Waals surface area contributed by atoms with Crippen LogP contribution in [0.25, 0.3) is 0 Å². The molecule has 5 aliphatic rings. The van der Waals surface area contributed by atoms with Crippen LogP contribution in [0.4, 0.5) is 0 Å². The molecule has 0 heterocycles. The summed E-state index contributed by atoms with van der Waals surface area (Å²) in [6.07, 6.45) is 13.8. The van der Waals surface area contributed by atoms with Crippen LogP contribution in [0.3, 0.4) is 0 Å². The first-order valence-corrected chi connectivity index (χ1v) is 13.2. The summed E-state index contributed by atoms with van der Waals surface area (Å²) in [4.78, 5) is 13.7. The van der Waals surface area contributed by atoms with Crippen molar-refractivity contribution in [2.75, 3.05) is 0 Å². The first kappa shape index (κ1) is 20.6. The summed E-state index contributed by atoms with van der Waals surface area (Å²) < 4.78 is 0. The normalized spacial score (nSPS) is 54.0. The van der Waals surface area contributed by atoms with E-state index in [4.69, 9.17) is 0 Å². The number of carbonyl (C=O) groups excluding carboxylic acids is 1. The lowest BCUT2D eigenvalue weighted by Gasteiger charge is -2.60. The molecule has 0 aromatic carbocycles. The molecule has 5 saturated carbocycles. The fourth-order valence-electron chi connectivity index (χ4n) is 10.4. The second-order valence-electron chi connectivity index (χ2n) is 13.3. The van der Waals surface area contributed by atoms with E-state index in [0.29, 0.717) is 28.4 Å². The molecule has 0 unspecified atom stereocenters. The Balaban J connectivity index is 1.38. The van der Waals surface area contributed by atoms with Crippen LogP contribution >= 0.6 is 0 Å². The van der Waals surface area contributed by atoms with Gasteiger partial charge < -0.3 is 0 Å². The smallest absolute Gasteiger partial charge is 0.142 e. The van der Waals surface area contributed by atoms with Crippen molar-refractivity contribution in [1.29, 1.82) is 0 Å². The van der Waals surface area contributed by atoms with E-state index in [1.165, 1.54) is 64.2 Å². The Bertz CT molecular complexity index is 680. The Labute approximate surface area is 180 Å². The van der Waals surface area contributed by atoms with E-state index in [0.717, 1.165) is 35.5 Å². The van der Waals surface area contributed by atoms with Gasteiger partial charge in [-0.3, -0.25) is 4.79 Å². The molecule has 0 radical (unpaired) electrons. The predicted molar refractivity (Wildman–Crippen MR) is 120 cm³/mol. The molecule has 0 amide bonds. The fourth-order valence-corrected chi connectivity index (χ4v) is 10.4. The van der Waals surface area contributed by atoms with Crippen LogP contribution in [0.5, 0.6) is 0 Å². The summed E-state index contributed by atoms with van der Waals surface area (Å²) >= 11 is 0. The van der Waals surface area contributed by atoms with E-state index in [2.05, 4.69) is 41.5 Å². The van der Waals surface area contributed by atoms with Crippen molar-refractivity contribution in [3.05, 3.63) is 0 Å². The maximum absolute atomic E-state index is 13.7. The molecule has 1 nitrogen and oxygen atoms in total. The van der Waals surface area contributed by atoms with Gasteiger partial charge in [-0.25, -0.2) is 0 Å². The van der Waals surface area contributed by atoms with Gasteiger partial charge in [-0.1, -0.05) is 60.8 Å². The van der Waals surface area contributed by atoms with E-state index >= 15 is 0 Å². The average molecular weight is 399 g/mol. The fraction of sp³-hybridized carbons (Fsp3) is 0.964. The molecule has 29 heavy (non-hydrogen) atoms. The van der Waals surface area contributed by atoms with Gasteiger partial charge in [-0.15, -0.1) is 0 Å². The summed E-state index contributed by atoms with van der Waals surface area (Å²) in [6.45, 7) is 14.9. The standard InChI is InChI=1S/C28H46O/c1-17(2)8-7-9-18(3)21-10-11-22-24-19(4)25(29)28-16-20(28)12-15-27(28,6)23(24)13-14-26(21,22)5/h17-24H,7-16H2,1-6H3/t18-,19+,20+,21-,22+,23+,24+,26-,27-,28+/m1/s1. The first-order valence-electron chi connectivity index (χ1n) is 13.2. The van der Waals surface area contributed by atoms with Gasteiger partial charge in [0.15, 0.2) is 0 Å². The highest BCUT2D eigenvalue weighted by atomic mass is 16.1. The minimum atomic E-state index is 0.128. The van der Waals surface area contributed by atoms with Gasteiger partial charge in [-0.05, 0) is 97.2 Å². The number of carbonyl (C=O) groups is 1. The third-order valence-corrected chi connectivity index (χ3v) is 11.9. The Morgan fingerprint density at radius 2 is 1.72 bits per heavy atom. The van der Waals surface area contributed by atoms with Crippen LogP contribution < -0.4 is 0 Å². The van der Waals surface area contributed by atoms with Crippen molar-refractivity contribution >= 4 is 5.78 Å². The third-order valence-electron chi connectivity index (χ3n) is 11.9. The number of hydrogen-bond donors (Lipinski definition) is 0. The summed E-state index contributed by atoms with van der Waals surface area (Å²) in [7, 11) is 0. The zero-order chi connectivity index (χ0) is 20.8. The zero-order valence-electron chi connectivity index (χ0n) is 20.1. The molecule has 0 aliphatic heterocycles. The highest BCUT2D eigenvalue weighted by molar-refractivity contribution is 5.92. The van der Waals surface area contributed by atoms with E-state index in [1.807, 2.05) is 0 Å². The van der Waals surface area contributed by atoms with Crippen molar-refractivity contribution in [2.24, 2.45) is 63.6 Å². The lowest BCUT2D eigenvalue weighted by molar-refractivity contribution is -0.163. The van der Waals surface area contributed by atoms with Gasteiger partial charge in [0.1, 0.15) is 5.78 Å². The predicted octanol–water partition coefficient (Wildman–Crippen LogP) is 7.53. The highest BCUT2D eigenvalue weighted by Crippen LogP contribution is 2.81. The molecule has 5 rings (SSSR count). The maximum atomic E-state index is 13.7. The Kier molecular flexibility index (Phi) is 4.67. The molecule has 5 fully saturated rings. The minimum Gasteiger partial charge on any atom is -0.299 e. The molecule has 1 heteroatoms. The van der Waals surface area contributed by atoms with Crippen LogP contribution in [0.2, 0.25) is 0 Å². The molecule has 1 spiro atoms.